The highest BCUT2D eigenvalue weighted by atomic mass is 16.3. The lowest BCUT2D eigenvalue weighted by Crippen LogP contribution is -2.35. The van der Waals surface area contributed by atoms with E-state index in [1.807, 2.05) is 53.7 Å². The number of nitrogens with zero attached hydrogens (tertiary/aromatic N) is 4. The van der Waals surface area contributed by atoms with E-state index in [-0.39, 0.29) is 24.0 Å². The van der Waals surface area contributed by atoms with Gasteiger partial charge in [0.2, 0.25) is 5.88 Å². The molecular formula is C23H25N5O3. The zero-order chi connectivity index (χ0) is 21.8. The average molecular weight is 419 g/mol. The number of aromatic amines is 1. The minimum absolute atomic E-state index is 0.00559. The van der Waals surface area contributed by atoms with Crippen molar-refractivity contribution in [2.75, 3.05) is 6.54 Å². The molecule has 0 unspecified atom stereocenters. The van der Waals surface area contributed by atoms with Crippen LogP contribution in [0.3, 0.4) is 0 Å². The van der Waals surface area contributed by atoms with Gasteiger partial charge in [0.1, 0.15) is 5.56 Å². The number of benzene rings is 1. The SMILES string of the molecule is C/C(=N\N1CCCC[C@H]1c1cccnc1)c1c(O)n(Cc2ccccc2)c(=O)[nH]c1=O. The lowest BCUT2D eigenvalue weighted by atomic mass is 9.98. The molecule has 8 nitrogen and oxygen atoms in total. The van der Waals surface area contributed by atoms with Gasteiger partial charge in [0, 0.05) is 18.9 Å². The largest absolute Gasteiger partial charge is 0.494 e. The van der Waals surface area contributed by atoms with Crippen molar-refractivity contribution in [1.82, 2.24) is 19.5 Å². The summed E-state index contributed by atoms with van der Waals surface area (Å²) in [6.07, 6.45) is 6.57. The summed E-state index contributed by atoms with van der Waals surface area (Å²) in [4.78, 5) is 31.4. The molecule has 1 aliphatic rings. The van der Waals surface area contributed by atoms with Gasteiger partial charge in [-0.15, -0.1) is 0 Å². The number of aromatic nitrogens is 3. The summed E-state index contributed by atoms with van der Waals surface area (Å²) < 4.78 is 1.15. The Morgan fingerprint density at radius 1 is 1.19 bits per heavy atom. The lowest BCUT2D eigenvalue weighted by molar-refractivity contribution is 0.155. The van der Waals surface area contributed by atoms with Gasteiger partial charge in [-0.3, -0.25) is 24.3 Å². The zero-order valence-electron chi connectivity index (χ0n) is 17.4. The molecule has 0 radical (unpaired) electrons. The maximum Gasteiger partial charge on any atom is 0.331 e. The Bertz CT molecular complexity index is 1190. The number of nitrogens with one attached hydrogen (secondary N) is 1. The van der Waals surface area contributed by atoms with Gasteiger partial charge in [0.05, 0.1) is 18.3 Å². The van der Waals surface area contributed by atoms with Crippen molar-refractivity contribution in [2.45, 2.75) is 38.8 Å². The Labute approximate surface area is 179 Å². The van der Waals surface area contributed by atoms with Crippen LogP contribution >= 0.6 is 0 Å². The third-order valence-corrected chi connectivity index (χ3v) is 5.54. The van der Waals surface area contributed by atoms with Gasteiger partial charge >= 0.3 is 5.69 Å². The number of pyridine rings is 1. The zero-order valence-corrected chi connectivity index (χ0v) is 17.4. The van der Waals surface area contributed by atoms with Crippen LogP contribution in [-0.4, -0.2) is 36.9 Å². The first-order chi connectivity index (χ1) is 15.0. The Morgan fingerprint density at radius 3 is 2.74 bits per heavy atom. The summed E-state index contributed by atoms with van der Waals surface area (Å²) >= 11 is 0. The summed E-state index contributed by atoms with van der Waals surface area (Å²) in [5.41, 5.74) is 0.950. The van der Waals surface area contributed by atoms with Gasteiger partial charge in [-0.2, -0.15) is 5.10 Å². The molecular weight excluding hydrogens is 394 g/mol. The highest BCUT2D eigenvalue weighted by Crippen LogP contribution is 2.31. The van der Waals surface area contributed by atoms with Crippen molar-refractivity contribution in [1.29, 1.82) is 0 Å². The summed E-state index contributed by atoms with van der Waals surface area (Å²) in [7, 11) is 0. The van der Waals surface area contributed by atoms with Crippen LogP contribution in [0.25, 0.3) is 0 Å². The highest BCUT2D eigenvalue weighted by molar-refractivity contribution is 6.00. The first-order valence-corrected chi connectivity index (χ1v) is 10.4. The molecule has 3 aromatic rings. The molecule has 1 aromatic carbocycles. The monoisotopic (exact) mass is 419 g/mol. The lowest BCUT2D eigenvalue weighted by Gasteiger charge is -2.34. The standard InChI is InChI=1S/C23H25N5O3/c1-16(26-28-13-6-5-11-19(28)18-10-7-12-24-14-18)20-21(29)25-23(31)27(22(20)30)15-17-8-3-2-4-9-17/h2-4,7-10,12,14,19,30H,5-6,11,13,15H2,1H3,(H,25,29,31)/b26-16+/t19-/m0/s1. The third kappa shape index (κ3) is 4.42. The molecule has 3 heterocycles. The van der Waals surface area contributed by atoms with E-state index in [0.29, 0.717) is 5.71 Å². The fraction of sp³-hybridized carbons (Fsp3) is 0.304. The first-order valence-electron chi connectivity index (χ1n) is 10.4. The molecule has 1 saturated heterocycles. The van der Waals surface area contributed by atoms with Crippen LogP contribution in [0.15, 0.2) is 69.5 Å². The van der Waals surface area contributed by atoms with Gasteiger partial charge in [0.25, 0.3) is 5.56 Å². The second-order valence-corrected chi connectivity index (χ2v) is 7.68. The van der Waals surface area contributed by atoms with Crippen molar-refractivity contribution in [3.63, 3.8) is 0 Å². The predicted molar refractivity (Wildman–Crippen MR) is 118 cm³/mol. The smallest absolute Gasteiger partial charge is 0.331 e. The average Bonchev–Trinajstić information content (AvgIpc) is 2.78. The Morgan fingerprint density at radius 2 is 2.00 bits per heavy atom. The molecule has 160 valence electrons. The number of hydrogen-bond acceptors (Lipinski definition) is 6. The van der Waals surface area contributed by atoms with E-state index in [2.05, 4.69) is 9.97 Å². The molecule has 0 saturated carbocycles. The predicted octanol–water partition coefficient (Wildman–Crippen LogP) is 2.64. The quantitative estimate of drug-likeness (QED) is 0.619. The normalized spacial score (nSPS) is 17.0. The van der Waals surface area contributed by atoms with E-state index in [1.54, 1.807) is 13.1 Å². The van der Waals surface area contributed by atoms with Crippen LogP contribution in [0, 0.1) is 0 Å². The fourth-order valence-corrected chi connectivity index (χ4v) is 3.99. The van der Waals surface area contributed by atoms with Crippen LogP contribution in [0.2, 0.25) is 0 Å². The number of H-pyrrole nitrogens is 1. The number of hydrazone groups is 1. The topological polar surface area (TPSA) is 104 Å². The molecule has 4 rings (SSSR count). The molecule has 0 spiro atoms. The van der Waals surface area contributed by atoms with E-state index >= 15 is 0 Å². The molecule has 0 aliphatic carbocycles. The summed E-state index contributed by atoms with van der Waals surface area (Å²) in [6.45, 7) is 2.56. The van der Waals surface area contributed by atoms with Gasteiger partial charge in [-0.05, 0) is 43.4 Å². The minimum atomic E-state index is -0.658. The van der Waals surface area contributed by atoms with E-state index in [4.69, 9.17) is 5.10 Å². The van der Waals surface area contributed by atoms with Crippen molar-refractivity contribution in [2.24, 2.45) is 5.10 Å². The molecule has 0 bridgehead atoms. The minimum Gasteiger partial charge on any atom is -0.494 e. The Hall–Kier alpha value is -3.68. The second-order valence-electron chi connectivity index (χ2n) is 7.68. The van der Waals surface area contributed by atoms with E-state index < -0.39 is 11.2 Å². The molecule has 2 aromatic heterocycles. The second kappa shape index (κ2) is 8.99. The first kappa shape index (κ1) is 20.6. The number of piperidine rings is 1. The molecule has 1 fully saturated rings. The van der Waals surface area contributed by atoms with E-state index in [1.165, 1.54) is 0 Å². The van der Waals surface area contributed by atoms with Gasteiger partial charge in [-0.25, -0.2) is 4.79 Å². The van der Waals surface area contributed by atoms with Crippen molar-refractivity contribution in [3.8, 4) is 5.88 Å². The van der Waals surface area contributed by atoms with Crippen molar-refractivity contribution >= 4 is 5.71 Å². The molecule has 2 N–H and O–H groups in total. The Balaban J connectivity index is 1.71. The van der Waals surface area contributed by atoms with Gasteiger partial charge in [0.15, 0.2) is 0 Å². The van der Waals surface area contributed by atoms with Crippen LogP contribution in [0.1, 0.15) is 48.9 Å². The highest BCUT2D eigenvalue weighted by Gasteiger charge is 2.25. The van der Waals surface area contributed by atoms with Crippen LogP contribution in [0.4, 0.5) is 0 Å². The summed E-state index contributed by atoms with van der Waals surface area (Å²) in [6, 6.07) is 13.2. The maximum absolute atomic E-state index is 12.6. The fourth-order valence-electron chi connectivity index (χ4n) is 3.99. The summed E-state index contributed by atoms with van der Waals surface area (Å²) in [5, 5.41) is 17.5. The summed E-state index contributed by atoms with van der Waals surface area (Å²) in [5.74, 6) is -0.381. The molecule has 1 atom stereocenters. The molecule has 0 amide bonds. The van der Waals surface area contributed by atoms with E-state index in [9.17, 15) is 14.7 Å². The van der Waals surface area contributed by atoms with Crippen LogP contribution in [0.5, 0.6) is 5.88 Å². The third-order valence-electron chi connectivity index (χ3n) is 5.54. The number of aromatic hydroxyl groups is 1. The van der Waals surface area contributed by atoms with Crippen molar-refractivity contribution in [3.05, 3.63) is 92.4 Å². The molecule has 1 aliphatic heterocycles. The van der Waals surface area contributed by atoms with Gasteiger partial charge < -0.3 is 5.11 Å². The van der Waals surface area contributed by atoms with E-state index in [0.717, 1.165) is 41.5 Å². The van der Waals surface area contributed by atoms with Crippen LogP contribution < -0.4 is 11.2 Å². The Kier molecular flexibility index (Phi) is 5.97. The number of rotatable bonds is 5. The molecule has 31 heavy (non-hydrogen) atoms. The number of hydrogen-bond donors (Lipinski definition) is 2. The van der Waals surface area contributed by atoms with Crippen LogP contribution in [-0.2, 0) is 6.54 Å². The van der Waals surface area contributed by atoms with Crippen molar-refractivity contribution < 1.29 is 5.11 Å². The molecule has 8 heteroatoms. The maximum atomic E-state index is 12.6. The van der Waals surface area contributed by atoms with Gasteiger partial charge in [-0.1, -0.05) is 36.4 Å².